The molecule has 6 nitrogen and oxygen atoms in total. The molecule has 0 aliphatic rings. The Balaban J connectivity index is 3.35. The Bertz CT molecular complexity index is 1470. The molecule has 0 rings (SSSR count). The molecule has 0 aliphatic heterocycles. The van der Waals surface area contributed by atoms with Gasteiger partial charge in [0, 0.05) is 12.8 Å². The number of esters is 1. The Hall–Kier alpha value is -1.92. The summed E-state index contributed by atoms with van der Waals surface area (Å²) in [5.41, 5.74) is 0. The average molecular weight is 1280 g/mol. The van der Waals surface area contributed by atoms with E-state index in [2.05, 4.69) is 43.5 Å². The van der Waals surface area contributed by atoms with Crippen LogP contribution in [0.3, 0.4) is 0 Å². The van der Waals surface area contributed by atoms with Gasteiger partial charge in [-0.3, -0.25) is 9.59 Å². The van der Waals surface area contributed by atoms with Gasteiger partial charge in [0.25, 0.3) is 0 Å². The first-order valence-electron chi connectivity index (χ1n) is 41.8. The maximum atomic E-state index is 12.5. The second kappa shape index (κ2) is 80.5. The van der Waals surface area contributed by atoms with E-state index in [4.69, 9.17) is 4.74 Å². The first kappa shape index (κ1) is 89.1. The molecule has 1 amide bonds. The van der Waals surface area contributed by atoms with Gasteiger partial charge in [0.1, 0.15) is 0 Å². The first-order chi connectivity index (χ1) is 45.0. The number of ether oxygens (including phenoxy) is 1. The zero-order valence-electron chi connectivity index (χ0n) is 61.9. The molecular formula is C85H163NO5. The van der Waals surface area contributed by atoms with E-state index in [-0.39, 0.29) is 18.5 Å². The lowest BCUT2D eigenvalue weighted by atomic mass is 10.0. The van der Waals surface area contributed by atoms with Gasteiger partial charge in [-0.15, -0.1) is 0 Å². The molecule has 0 fully saturated rings. The number of allylic oxidation sites excluding steroid dienone is 5. The monoisotopic (exact) mass is 1280 g/mol. The molecule has 538 valence electrons. The van der Waals surface area contributed by atoms with Crippen LogP contribution < -0.4 is 5.32 Å². The van der Waals surface area contributed by atoms with E-state index in [1.165, 1.54) is 398 Å². The quantitative estimate of drug-likeness (QED) is 0.0320. The number of unbranched alkanes of at least 4 members (excludes halogenated alkanes) is 64. The van der Waals surface area contributed by atoms with Crippen molar-refractivity contribution in [3.8, 4) is 0 Å². The lowest BCUT2D eigenvalue weighted by molar-refractivity contribution is -0.143. The molecule has 0 saturated heterocycles. The molecule has 2 atom stereocenters. The summed E-state index contributed by atoms with van der Waals surface area (Å²) in [6, 6.07) is -0.626. The number of nitrogens with one attached hydrogen (secondary N) is 1. The van der Waals surface area contributed by atoms with Crippen LogP contribution in [0.4, 0.5) is 0 Å². The Labute approximate surface area is 570 Å². The van der Waals surface area contributed by atoms with Crippen molar-refractivity contribution in [3.05, 3.63) is 36.5 Å². The minimum atomic E-state index is -0.843. The van der Waals surface area contributed by atoms with Crippen molar-refractivity contribution in [1.82, 2.24) is 5.32 Å². The van der Waals surface area contributed by atoms with E-state index in [1.807, 2.05) is 6.08 Å². The van der Waals surface area contributed by atoms with Crippen LogP contribution in [0.25, 0.3) is 0 Å². The molecular weight excluding hydrogens is 1110 g/mol. The number of rotatable bonds is 79. The molecule has 0 aromatic carbocycles. The Kier molecular flexibility index (Phi) is 78.8. The predicted molar refractivity (Wildman–Crippen MR) is 403 cm³/mol. The van der Waals surface area contributed by atoms with Crippen LogP contribution in [0.15, 0.2) is 36.5 Å². The van der Waals surface area contributed by atoms with E-state index in [9.17, 15) is 19.8 Å². The van der Waals surface area contributed by atoms with Crippen LogP contribution in [-0.2, 0) is 14.3 Å². The molecule has 0 spiro atoms. The number of carbonyl (C=O) groups is 2. The standard InChI is InChI=1S/C85H163NO5/c1-3-5-7-9-11-13-15-17-19-21-22-42-46-49-53-57-61-65-69-73-77-83(88)82(81-87)86-84(89)78-74-70-66-62-58-54-50-47-43-40-38-36-34-32-30-28-26-24-23-25-27-29-31-33-35-37-39-41-44-48-52-56-60-64-68-72-76-80-91-85(90)79-75-71-67-63-59-55-51-45-20-18-16-14-12-10-8-6-4-2/h18,20,23,25,73,77,82-83,87-88H,3-17,19,21-22,24,26-72,74-76,78-81H2,1-2H3,(H,86,89)/b20-18-,25-23-,77-73+. The largest absolute Gasteiger partial charge is 0.466 e. The molecule has 0 heterocycles. The maximum absolute atomic E-state index is 12.5. The molecule has 6 heteroatoms. The Morgan fingerprint density at radius 2 is 0.516 bits per heavy atom. The zero-order valence-corrected chi connectivity index (χ0v) is 61.9. The second-order valence-electron chi connectivity index (χ2n) is 28.8. The van der Waals surface area contributed by atoms with Crippen LogP contribution in [0.2, 0.25) is 0 Å². The maximum Gasteiger partial charge on any atom is 0.305 e. The molecule has 0 aromatic heterocycles. The van der Waals surface area contributed by atoms with Crippen LogP contribution in [0.1, 0.15) is 470 Å². The van der Waals surface area contributed by atoms with Crippen molar-refractivity contribution in [2.75, 3.05) is 13.2 Å². The van der Waals surface area contributed by atoms with Gasteiger partial charge in [-0.1, -0.05) is 410 Å². The van der Waals surface area contributed by atoms with E-state index in [0.29, 0.717) is 19.4 Å². The fourth-order valence-electron chi connectivity index (χ4n) is 13.3. The van der Waals surface area contributed by atoms with E-state index < -0.39 is 12.1 Å². The topological polar surface area (TPSA) is 95.9 Å². The van der Waals surface area contributed by atoms with Crippen LogP contribution in [0, 0.1) is 0 Å². The van der Waals surface area contributed by atoms with Crippen molar-refractivity contribution < 1.29 is 24.5 Å². The van der Waals surface area contributed by atoms with E-state index >= 15 is 0 Å². The minimum absolute atomic E-state index is 0.0188. The number of aliphatic hydroxyl groups is 2. The number of amides is 1. The van der Waals surface area contributed by atoms with Crippen molar-refractivity contribution in [2.24, 2.45) is 0 Å². The van der Waals surface area contributed by atoms with Gasteiger partial charge in [0.15, 0.2) is 0 Å². The van der Waals surface area contributed by atoms with Crippen molar-refractivity contribution in [3.63, 3.8) is 0 Å². The second-order valence-corrected chi connectivity index (χ2v) is 28.8. The summed E-state index contributed by atoms with van der Waals surface area (Å²) in [6.07, 6.45) is 106. The number of carbonyl (C=O) groups excluding carboxylic acids is 2. The fourth-order valence-corrected chi connectivity index (χ4v) is 13.3. The van der Waals surface area contributed by atoms with E-state index in [1.54, 1.807) is 6.08 Å². The molecule has 2 unspecified atom stereocenters. The highest BCUT2D eigenvalue weighted by Crippen LogP contribution is 2.20. The average Bonchev–Trinajstić information content (AvgIpc) is 3.65. The lowest BCUT2D eigenvalue weighted by Gasteiger charge is -2.20. The highest BCUT2D eigenvalue weighted by molar-refractivity contribution is 5.76. The van der Waals surface area contributed by atoms with Gasteiger partial charge in [-0.05, 0) is 83.5 Å². The normalized spacial score (nSPS) is 12.6. The summed E-state index contributed by atoms with van der Waals surface area (Å²) >= 11 is 0. The third-order valence-electron chi connectivity index (χ3n) is 19.6. The first-order valence-corrected chi connectivity index (χ1v) is 41.8. The van der Waals surface area contributed by atoms with Gasteiger partial charge in [-0.25, -0.2) is 0 Å². The van der Waals surface area contributed by atoms with Gasteiger partial charge in [-0.2, -0.15) is 0 Å². The predicted octanol–water partition coefficient (Wildman–Crippen LogP) is 27.8. The summed E-state index contributed by atoms with van der Waals surface area (Å²) in [7, 11) is 0. The summed E-state index contributed by atoms with van der Waals surface area (Å²) in [6.45, 7) is 4.95. The molecule has 0 aliphatic carbocycles. The Morgan fingerprint density at radius 1 is 0.297 bits per heavy atom. The minimum Gasteiger partial charge on any atom is -0.466 e. The number of hydrogen-bond acceptors (Lipinski definition) is 5. The van der Waals surface area contributed by atoms with Gasteiger partial charge < -0.3 is 20.3 Å². The third-order valence-corrected chi connectivity index (χ3v) is 19.6. The smallest absolute Gasteiger partial charge is 0.305 e. The molecule has 0 bridgehead atoms. The molecule has 0 aromatic rings. The summed E-state index contributed by atoms with van der Waals surface area (Å²) < 4.78 is 5.51. The SMILES string of the molecule is CCCCCCCC/C=C\CCCCCCCCCC(=O)OCCCCCCCCCCCCCCCCCC/C=C\CCCCCCCCCCCCCCCCCCCC(=O)NC(CO)C(O)/C=C/CCCCCCCCCCCCCCCCCCCC. The van der Waals surface area contributed by atoms with Gasteiger partial charge >= 0.3 is 5.97 Å². The molecule has 0 radical (unpaired) electrons. The van der Waals surface area contributed by atoms with Gasteiger partial charge in [0.05, 0.1) is 25.4 Å². The summed E-state index contributed by atoms with van der Waals surface area (Å²) in [4.78, 5) is 24.7. The molecule has 91 heavy (non-hydrogen) atoms. The highest BCUT2D eigenvalue weighted by atomic mass is 16.5. The van der Waals surface area contributed by atoms with Crippen molar-refractivity contribution in [2.45, 2.75) is 482 Å². The van der Waals surface area contributed by atoms with E-state index in [0.717, 1.165) is 44.9 Å². The zero-order chi connectivity index (χ0) is 65.6. The summed E-state index contributed by atoms with van der Waals surface area (Å²) in [5.74, 6) is -0.0407. The third kappa shape index (κ3) is 77.0. The molecule has 0 saturated carbocycles. The summed E-state index contributed by atoms with van der Waals surface area (Å²) in [5, 5.41) is 23.3. The van der Waals surface area contributed by atoms with Crippen LogP contribution in [0.5, 0.6) is 0 Å². The van der Waals surface area contributed by atoms with Crippen molar-refractivity contribution >= 4 is 11.9 Å². The fraction of sp³-hybridized carbons (Fsp3) is 0.906. The Morgan fingerprint density at radius 3 is 0.780 bits per heavy atom. The molecule has 3 N–H and O–H groups in total. The van der Waals surface area contributed by atoms with Crippen LogP contribution in [-0.4, -0.2) is 47.4 Å². The highest BCUT2D eigenvalue weighted by Gasteiger charge is 2.18. The van der Waals surface area contributed by atoms with Crippen molar-refractivity contribution in [1.29, 1.82) is 0 Å². The lowest BCUT2D eigenvalue weighted by Crippen LogP contribution is -2.45. The van der Waals surface area contributed by atoms with Gasteiger partial charge in [0.2, 0.25) is 5.91 Å². The van der Waals surface area contributed by atoms with Crippen LogP contribution >= 0.6 is 0 Å². The number of aliphatic hydroxyl groups excluding tert-OH is 2. The number of hydrogen-bond donors (Lipinski definition) is 3.